The molecular formula is C18H24N2O3. The predicted octanol–water partition coefficient (Wildman–Crippen LogP) is 2.67. The second kappa shape index (κ2) is 7.02. The molecule has 0 aromatic heterocycles. The van der Waals surface area contributed by atoms with Crippen LogP contribution in [0, 0.1) is 11.8 Å². The number of ether oxygens (including phenoxy) is 1. The first-order chi connectivity index (χ1) is 11.2. The average Bonchev–Trinajstić information content (AvgIpc) is 2.54. The highest BCUT2D eigenvalue weighted by Crippen LogP contribution is 2.30. The number of amides is 2. The van der Waals surface area contributed by atoms with Gasteiger partial charge in [-0.25, -0.2) is 0 Å². The Balaban J connectivity index is 1.53. The molecule has 2 aliphatic rings. The van der Waals surface area contributed by atoms with E-state index in [4.69, 9.17) is 4.74 Å². The largest absolute Gasteiger partial charge is 0.495 e. The summed E-state index contributed by atoms with van der Waals surface area (Å²) in [6.45, 7) is 1.39. The Kier molecular flexibility index (Phi) is 4.84. The first-order valence-electron chi connectivity index (χ1n) is 8.41. The van der Waals surface area contributed by atoms with Gasteiger partial charge >= 0.3 is 0 Å². The third kappa shape index (κ3) is 3.49. The summed E-state index contributed by atoms with van der Waals surface area (Å²) in [6, 6.07) is 7.42. The second-order valence-electron chi connectivity index (χ2n) is 6.42. The van der Waals surface area contributed by atoms with Crippen molar-refractivity contribution in [2.45, 2.75) is 32.1 Å². The van der Waals surface area contributed by atoms with Gasteiger partial charge in [-0.3, -0.25) is 9.59 Å². The third-order valence-electron chi connectivity index (χ3n) is 5.00. The molecule has 0 atom stereocenters. The molecule has 0 spiro atoms. The van der Waals surface area contributed by atoms with Crippen LogP contribution < -0.4 is 10.1 Å². The Morgan fingerprint density at radius 1 is 1.09 bits per heavy atom. The average molecular weight is 316 g/mol. The van der Waals surface area contributed by atoms with Gasteiger partial charge in [-0.2, -0.15) is 0 Å². The van der Waals surface area contributed by atoms with Crippen LogP contribution in [0.1, 0.15) is 32.1 Å². The van der Waals surface area contributed by atoms with Gasteiger partial charge in [0, 0.05) is 24.9 Å². The van der Waals surface area contributed by atoms with Crippen molar-refractivity contribution < 1.29 is 14.3 Å². The van der Waals surface area contributed by atoms with Crippen LogP contribution in [0.5, 0.6) is 5.75 Å². The fourth-order valence-corrected chi connectivity index (χ4v) is 3.26. The van der Waals surface area contributed by atoms with Crippen LogP contribution in [0.2, 0.25) is 0 Å². The minimum atomic E-state index is -0.0367. The number of nitrogens with one attached hydrogen (secondary N) is 1. The number of para-hydroxylation sites is 2. The number of carbonyl (C=O) groups is 2. The lowest BCUT2D eigenvalue weighted by molar-refractivity contribution is -0.140. The number of rotatable bonds is 4. The maximum absolute atomic E-state index is 12.4. The minimum Gasteiger partial charge on any atom is -0.495 e. The van der Waals surface area contributed by atoms with Crippen molar-refractivity contribution in [1.29, 1.82) is 0 Å². The molecule has 1 N–H and O–H groups in total. The van der Waals surface area contributed by atoms with Crippen molar-refractivity contribution in [1.82, 2.24) is 4.90 Å². The molecule has 1 saturated carbocycles. The molecule has 23 heavy (non-hydrogen) atoms. The molecule has 1 aromatic carbocycles. The number of anilines is 1. The molecule has 0 bridgehead atoms. The maximum atomic E-state index is 12.4. The van der Waals surface area contributed by atoms with Gasteiger partial charge in [0.1, 0.15) is 5.75 Å². The number of piperidine rings is 1. The highest BCUT2D eigenvalue weighted by Gasteiger charge is 2.33. The Morgan fingerprint density at radius 2 is 1.78 bits per heavy atom. The summed E-state index contributed by atoms with van der Waals surface area (Å²) >= 11 is 0. The SMILES string of the molecule is COc1ccccc1NC(=O)C1CCN(C(=O)C2CCC2)CC1. The number of hydrogen-bond donors (Lipinski definition) is 1. The molecule has 5 heteroatoms. The van der Waals surface area contributed by atoms with E-state index in [0.717, 1.165) is 25.7 Å². The fraction of sp³-hybridized carbons (Fsp3) is 0.556. The normalized spacial score (nSPS) is 19.1. The predicted molar refractivity (Wildman–Crippen MR) is 88.3 cm³/mol. The van der Waals surface area contributed by atoms with E-state index in [2.05, 4.69) is 5.32 Å². The molecule has 2 amide bonds. The van der Waals surface area contributed by atoms with Crippen LogP contribution in [0.4, 0.5) is 5.69 Å². The van der Waals surface area contributed by atoms with Crippen LogP contribution >= 0.6 is 0 Å². The van der Waals surface area contributed by atoms with Crippen molar-refractivity contribution >= 4 is 17.5 Å². The van der Waals surface area contributed by atoms with Gasteiger partial charge in [0.05, 0.1) is 12.8 Å². The zero-order chi connectivity index (χ0) is 16.2. The molecule has 1 saturated heterocycles. The second-order valence-corrected chi connectivity index (χ2v) is 6.42. The molecular weight excluding hydrogens is 292 g/mol. The fourth-order valence-electron chi connectivity index (χ4n) is 3.26. The van der Waals surface area contributed by atoms with Crippen LogP contribution in [0.15, 0.2) is 24.3 Å². The quantitative estimate of drug-likeness (QED) is 0.929. The van der Waals surface area contributed by atoms with E-state index < -0.39 is 0 Å². The Hall–Kier alpha value is -2.04. The van der Waals surface area contributed by atoms with Crippen molar-refractivity contribution in [3.05, 3.63) is 24.3 Å². The van der Waals surface area contributed by atoms with Gasteiger partial charge in [-0.1, -0.05) is 18.6 Å². The molecule has 1 aliphatic heterocycles. The number of methoxy groups -OCH3 is 1. The molecule has 5 nitrogen and oxygen atoms in total. The van der Waals surface area contributed by atoms with Gasteiger partial charge < -0.3 is 15.0 Å². The van der Waals surface area contributed by atoms with Gasteiger partial charge in [-0.05, 0) is 37.8 Å². The van der Waals surface area contributed by atoms with E-state index in [-0.39, 0.29) is 17.7 Å². The highest BCUT2D eigenvalue weighted by molar-refractivity contribution is 5.94. The van der Waals surface area contributed by atoms with Gasteiger partial charge in [-0.15, -0.1) is 0 Å². The van der Waals surface area contributed by atoms with E-state index in [0.29, 0.717) is 30.4 Å². The smallest absolute Gasteiger partial charge is 0.227 e. The van der Waals surface area contributed by atoms with E-state index in [1.54, 1.807) is 7.11 Å². The van der Waals surface area contributed by atoms with Crippen LogP contribution in [-0.4, -0.2) is 36.9 Å². The summed E-state index contributed by atoms with van der Waals surface area (Å²) in [6.07, 6.45) is 4.72. The van der Waals surface area contributed by atoms with Gasteiger partial charge in [0.15, 0.2) is 0 Å². The molecule has 0 radical (unpaired) electrons. The Bertz CT molecular complexity index is 575. The monoisotopic (exact) mass is 316 g/mol. The topological polar surface area (TPSA) is 58.6 Å². The minimum absolute atomic E-state index is 0.0187. The molecule has 1 aromatic rings. The van der Waals surface area contributed by atoms with Crippen LogP contribution in [-0.2, 0) is 9.59 Å². The molecule has 0 unspecified atom stereocenters. The molecule has 2 fully saturated rings. The Morgan fingerprint density at radius 3 is 2.39 bits per heavy atom. The lowest BCUT2D eigenvalue weighted by Gasteiger charge is -2.36. The zero-order valence-corrected chi connectivity index (χ0v) is 13.6. The van der Waals surface area contributed by atoms with Gasteiger partial charge in [0.25, 0.3) is 0 Å². The van der Waals surface area contributed by atoms with Crippen molar-refractivity contribution in [2.24, 2.45) is 11.8 Å². The zero-order valence-electron chi connectivity index (χ0n) is 13.6. The van der Waals surface area contributed by atoms with E-state index in [1.165, 1.54) is 6.42 Å². The number of benzene rings is 1. The van der Waals surface area contributed by atoms with Crippen molar-refractivity contribution in [3.8, 4) is 5.75 Å². The molecule has 1 aliphatic carbocycles. The van der Waals surface area contributed by atoms with E-state index in [1.807, 2.05) is 29.2 Å². The van der Waals surface area contributed by atoms with Crippen LogP contribution in [0.25, 0.3) is 0 Å². The molecule has 1 heterocycles. The van der Waals surface area contributed by atoms with Gasteiger partial charge in [0.2, 0.25) is 11.8 Å². The number of nitrogens with zero attached hydrogens (tertiary/aromatic N) is 1. The summed E-state index contributed by atoms with van der Waals surface area (Å²) in [5.41, 5.74) is 0.702. The number of hydrogen-bond acceptors (Lipinski definition) is 3. The standard InChI is InChI=1S/C18H24N2O3/c1-23-16-8-3-2-7-15(16)19-17(21)13-9-11-20(12-10-13)18(22)14-5-4-6-14/h2-3,7-8,13-14H,4-6,9-12H2,1H3,(H,19,21). The third-order valence-corrected chi connectivity index (χ3v) is 5.00. The number of carbonyl (C=O) groups excluding carboxylic acids is 2. The summed E-state index contributed by atoms with van der Waals surface area (Å²) in [4.78, 5) is 26.6. The molecule has 3 rings (SSSR count). The lowest BCUT2D eigenvalue weighted by Crippen LogP contribution is -2.45. The van der Waals surface area contributed by atoms with Crippen molar-refractivity contribution in [2.75, 3.05) is 25.5 Å². The first-order valence-corrected chi connectivity index (χ1v) is 8.41. The van der Waals surface area contributed by atoms with E-state index >= 15 is 0 Å². The summed E-state index contributed by atoms with van der Waals surface area (Å²) in [7, 11) is 1.59. The van der Waals surface area contributed by atoms with Crippen molar-refractivity contribution in [3.63, 3.8) is 0 Å². The first kappa shape index (κ1) is 15.8. The number of likely N-dealkylation sites (tertiary alicyclic amines) is 1. The summed E-state index contributed by atoms with van der Waals surface area (Å²) in [5.74, 6) is 1.18. The summed E-state index contributed by atoms with van der Waals surface area (Å²) in [5, 5.41) is 2.95. The highest BCUT2D eigenvalue weighted by atomic mass is 16.5. The van der Waals surface area contributed by atoms with Crippen LogP contribution in [0.3, 0.4) is 0 Å². The summed E-state index contributed by atoms with van der Waals surface area (Å²) < 4.78 is 5.26. The lowest BCUT2D eigenvalue weighted by atomic mass is 9.83. The van der Waals surface area contributed by atoms with E-state index in [9.17, 15) is 9.59 Å². The molecule has 124 valence electrons. The Labute approximate surface area is 137 Å². The maximum Gasteiger partial charge on any atom is 0.227 e.